The maximum atomic E-state index is 12.1. The molecule has 0 radical (unpaired) electrons. The number of carbonyl (C=O) groups excluding carboxylic acids is 1. The first-order valence-corrected chi connectivity index (χ1v) is 8.53. The zero-order valence-corrected chi connectivity index (χ0v) is 11.8. The lowest BCUT2D eigenvalue weighted by Gasteiger charge is -2.34. The molecule has 0 aromatic carbocycles. The molecule has 1 atom stereocenters. The maximum Gasteiger partial charge on any atom is 0.222 e. The van der Waals surface area contributed by atoms with E-state index in [2.05, 4.69) is 11.8 Å². The average Bonchev–Trinajstić information content (AvgIpc) is 2.68. The lowest BCUT2D eigenvalue weighted by atomic mass is 10.0. The summed E-state index contributed by atoms with van der Waals surface area (Å²) in [4.78, 5) is 16.3. The lowest BCUT2D eigenvalue weighted by molar-refractivity contribution is -0.133. The zero-order valence-electron chi connectivity index (χ0n) is 11.0. The van der Waals surface area contributed by atoms with Crippen LogP contribution >= 0.6 is 0 Å². The summed E-state index contributed by atoms with van der Waals surface area (Å²) < 4.78 is 22.7. The SMILES string of the molecule is CCN1CCN(C(=O)CC2CCS(=O)(=O)C2)CC1. The van der Waals surface area contributed by atoms with E-state index in [1.54, 1.807) is 0 Å². The molecule has 0 bridgehead atoms. The number of nitrogens with zero attached hydrogens (tertiary/aromatic N) is 2. The van der Waals surface area contributed by atoms with Crippen LogP contribution in [0.1, 0.15) is 19.8 Å². The van der Waals surface area contributed by atoms with Crippen molar-refractivity contribution < 1.29 is 13.2 Å². The van der Waals surface area contributed by atoms with Crippen molar-refractivity contribution in [2.75, 3.05) is 44.2 Å². The topological polar surface area (TPSA) is 57.7 Å². The van der Waals surface area contributed by atoms with E-state index in [0.29, 0.717) is 12.8 Å². The molecule has 18 heavy (non-hydrogen) atoms. The van der Waals surface area contributed by atoms with E-state index < -0.39 is 9.84 Å². The van der Waals surface area contributed by atoms with Gasteiger partial charge in [-0.2, -0.15) is 0 Å². The summed E-state index contributed by atoms with van der Waals surface area (Å²) in [5.41, 5.74) is 0. The van der Waals surface area contributed by atoms with Gasteiger partial charge in [-0.25, -0.2) is 8.42 Å². The van der Waals surface area contributed by atoms with Gasteiger partial charge in [0.2, 0.25) is 5.91 Å². The van der Waals surface area contributed by atoms with Crippen LogP contribution in [-0.2, 0) is 14.6 Å². The maximum absolute atomic E-state index is 12.1. The van der Waals surface area contributed by atoms with Crippen molar-refractivity contribution in [3.8, 4) is 0 Å². The van der Waals surface area contributed by atoms with Crippen molar-refractivity contribution >= 4 is 15.7 Å². The molecule has 6 heteroatoms. The van der Waals surface area contributed by atoms with Crippen LogP contribution in [0.25, 0.3) is 0 Å². The van der Waals surface area contributed by atoms with Crippen molar-refractivity contribution in [2.45, 2.75) is 19.8 Å². The third-order valence-electron chi connectivity index (χ3n) is 3.96. The van der Waals surface area contributed by atoms with Gasteiger partial charge in [0.25, 0.3) is 0 Å². The number of carbonyl (C=O) groups is 1. The zero-order chi connectivity index (χ0) is 13.2. The van der Waals surface area contributed by atoms with Crippen molar-refractivity contribution in [2.24, 2.45) is 5.92 Å². The number of sulfone groups is 1. The summed E-state index contributed by atoms with van der Waals surface area (Å²) in [6.07, 6.45) is 1.06. The molecule has 2 heterocycles. The Hall–Kier alpha value is -0.620. The van der Waals surface area contributed by atoms with Gasteiger partial charge in [-0.05, 0) is 18.9 Å². The molecule has 104 valence electrons. The van der Waals surface area contributed by atoms with Crippen LogP contribution in [0.3, 0.4) is 0 Å². The van der Waals surface area contributed by atoms with Gasteiger partial charge in [-0.3, -0.25) is 4.79 Å². The predicted molar refractivity (Wildman–Crippen MR) is 70.1 cm³/mol. The Balaban J connectivity index is 1.79. The number of likely N-dealkylation sites (N-methyl/N-ethyl adjacent to an activating group) is 1. The van der Waals surface area contributed by atoms with Crippen LogP contribution in [0.15, 0.2) is 0 Å². The smallest absolute Gasteiger partial charge is 0.222 e. The number of hydrogen-bond acceptors (Lipinski definition) is 4. The Kier molecular flexibility index (Phi) is 4.27. The molecule has 2 fully saturated rings. The molecule has 2 saturated heterocycles. The second-order valence-electron chi connectivity index (χ2n) is 5.29. The minimum Gasteiger partial charge on any atom is -0.340 e. The summed E-state index contributed by atoms with van der Waals surface area (Å²) in [6, 6.07) is 0. The molecule has 2 rings (SSSR count). The molecular weight excluding hydrogens is 252 g/mol. The second-order valence-corrected chi connectivity index (χ2v) is 7.52. The molecule has 2 aliphatic rings. The molecule has 2 aliphatic heterocycles. The third kappa shape index (κ3) is 3.45. The predicted octanol–water partition coefficient (Wildman–Crippen LogP) is -0.0247. The Morgan fingerprint density at radius 2 is 1.89 bits per heavy atom. The lowest BCUT2D eigenvalue weighted by Crippen LogP contribution is -2.48. The number of amides is 1. The molecule has 1 amide bonds. The summed E-state index contributed by atoms with van der Waals surface area (Å²) in [5.74, 6) is 0.641. The minimum atomic E-state index is -2.86. The van der Waals surface area contributed by atoms with Crippen LogP contribution in [0, 0.1) is 5.92 Å². The summed E-state index contributed by atoms with van der Waals surface area (Å²) in [7, 11) is -2.86. The van der Waals surface area contributed by atoms with Crippen LogP contribution in [0.4, 0.5) is 0 Å². The minimum absolute atomic E-state index is 0.0479. The van der Waals surface area contributed by atoms with Gasteiger partial charge in [0.15, 0.2) is 9.84 Å². The first kappa shape index (κ1) is 13.8. The molecule has 0 aliphatic carbocycles. The van der Waals surface area contributed by atoms with Crippen LogP contribution in [-0.4, -0.2) is 68.4 Å². The molecule has 1 unspecified atom stereocenters. The molecular formula is C12H22N2O3S. The fourth-order valence-corrected chi connectivity index (χ4v) is 4.58. The molecule has 0 spiro atoms. The van der Waals surface area contributed by atoms with Gasteiger partial charge in [-0.15, -0.1) is 0 Å². The van der Waals surface area contributed by atoms with E-state index in [-0.39, 0.29) is 23.3 Å². The van der Waals surface area contributed by atoms with Crippen LogP contribution in [0.5, 0.6) is 0 Å². The van der Waals surface area contributed by atoms with E-state index in [4.69, 9.17) is 0 Å². The van der Waals surface area contributed by atoms with Gasteiger partial charge < -0.3 is 9.80 Å². The fraction of sp³-hybridized carbons (Fsp3) is 0.917. The van der Waals surface area contributed by atoms with Gasteiger partial charge in [0, 0.05) is 32.6 Å². The van der Waals surface area contributed by atoms with Gasteiger partial charge in [0.05, 0.1) is 11.5 Å². The van der Waals surface area contributed by atoms with E-state index in [1.165, 1.54) is 0 Å². The van der Waals surface area contributed by atoms with E-state index in [9.17, 15) is 13.2 Å². The number of rotatable bonds is 3. The highest BCUT2D eigenvalue weighted by atomic mass is 32.2. The monoisotopic (exact) mass is 274 g/mol. The van der Waals surface area contributed by atoms with Crippen molar-refractivity contribution in [1.29, 1.82) is 0 Å². The highest BCUT2D eigenvalue weighted by Gasteiger charge is 2.31. The van der Waals surface area contributed by atoms with Crippen LogP contribution in [0.2, 0.25) is 0 Å². The first-order chi connectivity index (χ1) is 8.50. The average molecular weight is 274 g/mol. The fourth-order valence-electron chi connectivity index (χ4n) is 2.72. The van der Waals surface area contributed by atoms with E-state index >= 15 is 0 Å². The second kappa shape index (κ2) is 5.57. The summed E-state index contributed by atoms with van der Waals surface area (Å²) >= 11 is 0. The van der Waals surface area contributed by atoms with Crippen LogP contribution < -0.4 is 0 Å². The largest absolute Gasteiger partial charge is 0.340 e. The highest BCUT2D eigenvalue weighted by Crippen LogP contribution is 2.22. The van der Waals surface area contributed by atoms with Gasteiger partial charge >= 0.3 is 0 Å². The number of hydrogen-bond donors (Lipinski definition) is 0. The highest BCUT2D eigenvalue weighted by molar-refractivity contribution is 7.91. The molecule has 5 nitrogen and oxygen atoms in total. The Labute approximate surface area is 109 Å². The van der Waals surface area contributed by atoms with E-state index in [1.807, 2.05) is 4.90 Å². The first-order valence-electron chi connectivity index (χ1n) is 6.70. The summed E-state index contributed by atoms with van der Waals surface area (Å²) in [6.45, 7) is 6.60. The quantitative estimate of drug-likeness (QED) is 0.725. The van der Waals surface area contributed by atoms with Crippen molar-refractivity contribution in [3.05, 3.63) is 0 Å². The third-order valence-corrected chi connectivity index (χ3v) is 5.80. The Morgan fingerprint density at radius 3 is 2.39 bits per heavy atom. The Bertz CT molecular complexity index is 400. The Morgan fingerprint density at radius 1 is 1.22 bits per heavy atom. The van der Waals surface area contributed by atoms with Gasteiger partial charge in [0.1, 0.15) is 0 Å². The van der Waals surface area contributed by atoms with Crippen molar-refractivity contribution in [1.82, 2.24) is 9.80 Å². The normalized spacial score (nSPS) is 28.5. The molecule has 0 aromatic rings. The molecule has 0 N–H and O–H groups in total. The van der Waals surface area contributed by atoms with Crippen molar-refractivity contribution in [3.63, 3.8) is 0 Å². The molecule has 0 aromatic heterocycles. The van der Waals surface area contributed by atoms with Gasteiger partial charge in [-0.1, -0.05) is 6.92 Å². The van der Waals surface area contributed by atoms with E-state index in [0.717, 1.165) is 32.7 Å². The number of piperazine rings is 1. The molecule has 0 saturated carbocycles. The summed E-state index contributed by atoms with van der Waals surface area (Å²) in [5, 5.41) is 0. The standard InChI is InChI=1S/C12H22N2O3S/c1-2-13-4-6-14(7-5-13)12(15)9-11-3-8-18(16,17)10-11/h11H,2-10H2,1H3.